The van der Waals surface area contributed by atoms with Gasteiger partial charge in [0.2, 0.25) is 0 Å². The van der Waals surface area contributed by atoms with E-state index in [2.05, 4.69) is 37.9 Å². The first kappa shape index (κ1) is 16.3. The molecule has 0 aromatic heterocycles. The van der Waals surface area contributed by atoms with Crippen LogP contribution < -0.4 is 5.32 Å². The van der Waals surface area contributed by atoms with E-state index in [1.165, 1.54) is 38.8 Å². The van der Waals surface area contributed by atoms with Crippen molar-refractivity contribution >= 4 is 0 Å². The predicted octanol–water partition coefficient (Wildman–Crippen LogP) is 2.90. The Labute approximate surface area is 125 Å². The Kier molecular flexibility index (Phi) is 5.88. The third kappa shape index (κ3) is 4.44. The van der Waals surface area contributed by atoms with Crippen molar-refractivity contribution in [3.8, 4) is 0 Å². The Morgan fingerprint density at radius 1 is 1.20 bits per heavy atom. The highest BCUT2D eigenvalue weighted by Gasteiger charge is 2.37. The highest BCUT2D eigenvalue weighted by Crippen LogP contribution is 2.40. The van der Waals surface area contributed by atoms with E-state index in [9.17, 15) is 0 Å². The molecule has 1 aliphatic heterocycles. The smallest absolute Gasteiger partial charge is 0.0678 e. The van der Waals surface area contributed by atoms with E-state index in [4.69, 9.17) is 4.74 Å². The van der Waals surface area contributed by atoms with Crippen molar-refractivity contribution in [3.63, 3.8) is 0 Å². The fraction of sp³-hybridized carbons (Fsp3) is 1.00. The molecular weight excluding hydrogens is 248 g/mol. The minimum absolute atomic E-state index is 0.385. The minimum Gasteiger partial charge on any atom is -0.373 e. The summed E-state index contributed by atoms with van der Waals surface area (Å²) in [5.41, 5.74) is 0.491. The molecule has 1 saturated carbocycles. The number of rotatable bonds is 5. The summed E-state index contributed by atoms with van der Waals surface area (Å²) >= 11 is 0. The van der Waals surface area contributed by atoms with Gasteiger partial charge in [0.25, 0.3) is 0 Å². The molecule has 20 heavy (non-hydrogen) atoms. The number of nitrogens with one attached hydrogen (secondary N) is 1. The molecule has 4 atom stereocenters. The van der Waals surface area contributed by atoms with E-state index in [0.717, 1.165) is 25.6 Å². The molecule has 0 radical (unpaired) electrons. The van der Waals surface area contributed by atoms with Crippen molar-refractivity contribution in [3.05, 3.63) is 0 Å². The van der Waals surface area contributed by atoms with E-state index >= 15 is 0 Å². The van der Waals surface area contributed by atoms with Crippen LogP contribution in [0.25, 0.3) is 0 Å². The molecule has 1 aliphatic carbocycles. The molecule has 0 aromatic carbocycles. The Bertz CT molecular complexity index is 287. The van der Waals surface area contributed by atoms with Gasteiger partial charge in [-0.05, 0) is 44.6 Å². The first-order valence-corrected chi connectivity index (χ1v) is 8.61. The van der Waals surface area contributed by atoms with Crippen LogP contribution in [0, 0.1) is 11.3 Å². The highest BCUT2D eigenvalue weighted by atomic mass is 16.5. The first-order chi connectivity index (χ1) is 9.53. The second-order valence-corrected chi connectivity index (χ2v) is 7.43. The van der Waals surface area contributed by atoms with Crippen LogP contribution in [0.4, 0.5) is 0 Å². The SMILES string of the molecule is CCNCC1(CN2C[C@@H](C)O[C@@H](C)C2)CCCC(C)C1. The Morgan fingerprint density at radius 3 is 2.50 bits per heavy atom. The van der Waals surface area contributed by atoms with Gasteiger partial charge in [0.1, 0.15) is 0 Å². The molecule has 2 fully saturated rings. The van der Waals surface area contributed by atoms with Crippen LogP contribution in [0.15, 0.2) is 0 Å². The van der Waals surface area contributed by atoms with Gasteiger partial charge >= 0.3 is 0 Å². The molecule has 2 aliphatic rings. The molecule has 1 saturated heterocycles. The number of ether oxygens (including phenoxy) is 1. The van der Waals surface area contributed by atoms with Crippen molar-refractivity contribution in [1.29, 1.82) is 0 Å². The first-order valence-electron chi connectivity index (χ1n) is 8.61. The van der Waals surface area contributed by atoms with Gasteiger partial charge in [-0.1, -0.05) is 26.7 Å². The summed E-state index contributed by atoms with van der Waals surface area (Å²) in [4.78, 5) is 2.66. The zero-order valence-electron chi connectivity index (χ0n) is 14.0. The average Bonchev–Trinajstić information content (AvgIpc) is 2.35. The van der Waals surface area contributed by atoms with Crippen molar-refractivity contribution in [2.45, 2.75) is 65.6 Å². The summed E-state index contributed by atoms with van der Waals surface area (Å²) in [6.07, 6.45) is 6.38. The van der Waals surface area contributed by atoms with Gasteiger partial charge in [0.05, 0.1) is 12.2 Å². The third-order valence-electron chi connectivity index (χ3n) is 4.99. The molecule has 1 N–H and O–H groups in total. The van der Waals surface area contributed by atoms with Crippen molar-refractivity contribution in [2.75, 3.05) is 32.7 Å². The quantitative estimate of drug-likeness (QED) is 0.839. The van der Waals surface area contributed by atoms with Crippen LogP contribution in [-0.4, -0.2) is 49.8 Å². The van der Waals surface area contributed by atoms with E-state index in [1.807, 2.05) is 0 Å². The Hall–Kier alpha value is -0.120. The number of hydrogen-bond donors (Lipinski definition) is 1. The van der Waals surface area contributed by atoms with Crippen LogP contribution in [0.2, 0.25) is 0 Å². The fourth-order valence-corrected chi connectivity index (χ4v) is 4.41. The zero-order chi connectivity index (χ0) is 14.6. The van der Waals surface area contributed by atoms with Crippen LogP contribution >= 0.6 is 0 Å². The highest BCUT2D eigenvalue weighted by molar-refractivity contribution is 4.91. The van der Waals surface area contributed by atoms with Crippen LogP contribution in [0.3, 0.4) is 0 Å². The minimum atomic E-state index is 0.385. The van der Waals surface area contributed by atoms with Crippen LogP contribution in [-0.2, 0) is 4.74 Å². The maximum absolute atomic E-state index is 5.88. The standard InChI is InChI=1S/C17H34N2O/c1-5-18-12-17(8-6-7-14(2)9-17)13-19-10-15(3)20-16(4)11-19/h14-16,18H,5-13H2,1-4H3/t14?,15-,16+,17?. The van der Waals surface area contributed by atoms with Crippen LogP contribution in [0.5, 0.6) is 0 Å². The van der Waals surface area contributed by atoms with Gasteiger partial charge in [-0.2, -0.15) is 0 Å². The van der Waals surface area contributed by atoms with Gasteiger partial charge in [0.15, 0.2) is 0 Å². The van der Waals surface area contributed by atoms with Crippen molar-refractivity contribution < 1.29 is 4.74 Å². The molecule has 3 heteroatoms. The molecule has 2 unspecified atom stereocenters. The number of hydrogen-bond acceptors (Lipinski definition) is 3. The normalized spacial score (nSPS) is 39.9. The fourth-order valence-electron chi connectivity index (χ4n) is 4.41. The number of morpholine rings is 1. The predicted molar refractivity (Wildman–Crippen MR) is 85.1 cm³/mol. The van der Waals surface area contributed by atoms with Crippen LogP contribution in [0.1, 0.15) is 53.4 Å². The second-order valence-electron chi connectivity index (χ2n) is 7.43. The largest absolute Gasteiger partial charge is 0.373 e. The molecule has 0 spiro atoms. The average molecular weight is 282 g/mol. The van der Waals surface area contributed by atoms with E-state index in [-0.39, 0.29) is 0 Å². The molecule has 0 bridgehead atoms. The third-order valence-corrected chi connectivity index (χ3v) is 4.99. The molecular formula is C17H34N2O. The molecule has 3 nitrogen and oxygen atoms in total. The summed E-state index contributed by atoms with van der Waals surface area (Å²) in [7, 11) is 0. The van der Waals surface area contributed by atoms with Gasteiger partial charge < -0.3 is 10.1 Å². The monoisotopic (exact) mass is 282 g/mol. The summed E-state index contributed by atoms with van der Waals surface area (Å²) in [6, 6.07) is 0. The van der Waals surface area contributed by atoms with Crippen molar-refractivity contribution in [1.82, 2.24) is 10.2 Å². The summed E-state index contributed by atoms with van der Waals surface area (Å²) in [5.74, 6) is 0.887. The zero-order valence-corrected chi connectivity index (χ0v) is 14.0. The molecule has 2 rings (SSSR count). The van der Waals surface area contributed by atoms with Gasteiger partial charge in [-0.3, -0.25) is 4.90 Å². The maximum atomic E-state index is 5.88. The lowest BCUT2D eigenvalue weighted by molar-refractivity contribution is -0.0817. The Balaban J connectivity index is 1.99. The lowest BCUT2D eigenvalue weighted by atomic mass is 9.69. The molecule has 0 aromatic rings. The maximum Gasteiger partial charge on any atom is 0.0678 e. The van der Waals surface area contributed by atoms with E-state index in [1.54, 1.807) is 0 Å². The van der Waals surface area contributed by atoms with Gasteiger partial charge in [-0.25, -0.2) is 0 Å². The lowest BCUT2D eigenvalue weighted by Gasteiger charge is -2.46. The number of nitrogens with zero attached hydrogens (tertiary/aromatic N) is 1. The molecule has 118 valence electrons. The summed E-state index contributed by atoms with van der Waals surface area (Å²) < 4.78 is 5.88. The summed E-state index contributed by atoms with van der Waals surface area (Å²) in [6.45, 7) is 14.8. The molecule has 0 amide bonds. The van der Waals surface area contributed by atoms with E-state index < -0.39 is 0 Å². The summed E-state index contributed by atoms with van der Waals surface area (Å²) in [5, 5.41) is 3.63. The van der Waals surface area contributed by atoms with Crippen molar-refractivity contribution in [2.24, 2.45) is 11.3 Å². The second kappa shape index (κ2) is 7.24. The molecule has 1 heterocycles. The lowest BCUT2D eigenvalue weighted by Crippen LogP contribution is -2.52. The Morgan fingerprint density at radius 2 is 1.90 bits per heavy atom. The van der Waals surface area contributed by atoms with Gasteiger partial charge in [0, 0.05) is 26.2 Å². The topological polar surface area (TPSA) is 24.5 Å². The van der Waals surface area contributed by atoms with Gasteiger partial charge in [-0.15, -0.1) is 0 Å². The van der Waals surface area contributed by atoms with E-state index in [0.29, 0.717) is 17.6 Å².